The third-order valence-electron chi connectivity index (χ3n) is 3.89. The van der Waals surface area contributed by atoms with Crippen molar-refractivity contribution in [1.82, 2.24) is 0 Å². The minimum absolute atomic E-state index is 0.218. The van der Waals surface area contributed by atoms with Crippen molar-refractivity contribution in [2.24, 2.45) is 17.3 Å². The molecule has 0 bridgehead atoms. The molecule has 1 aliphatic carbocycles. The van der Waals surface area contributed by atoms with Gasteiger partial charge in [-0.25, -0.2) is 0 Å². The standard InChI is InChI=1S/C14H24O/c1-11(10-15)7-8-13-12(2)6-5-9-14(13,3)4/h6,10-11,13H,5,7-9H2,1-4H3. The van der Waals surface area contributed by atoms with Crippen LogP contribution in [0.15, 0.2) is 11.6 Å². The highest BCUT2D eigenvalue weighted by Gasteiger charge is 2.32. The second kappa shape index (κ2) is 4.96. The maximum Gasteiger partial charge on any atom is 0.122 e. The summed E-state index contributed by atoms with van der Waals surface area (Å²) in [6.45, 7) is 8.98. The van der Waals surface area contributed by atoms with E-state index in [1.54, 1.807) is 0 Å². The molecule has 0 aromatic rings. The fourth-order valence-electron chi connectivity index (χ4n) is 2.72. The van der Waals surface area contributed by atoms with E-state index in [1.807, 2.05) is 6.92 Å². The quantitative estimate of drug-likeness (QED) is 0.504. The van der Waals surface area contributed by atoms with Crippen LogP contribution in [0.2, 0.25) is 0 Å². The van der Waals surface area contributed by atoms with E-state index < -0.39 is 0 Å². The van der Waals surface area contributed by atoms with Crippen LogP contribution in [0.25, 0.3) is 0 Å². The predicted octanol–water partition coefficient (Wildman–Crippen LogP) is 3.98. The maximum absolute atomic E-state index is 10.6. The van der Waals surface area contributed by atoms with Gasteiger partial charge in [0.1, 0.15) is 6.29 Å². The Labute approximate surface area is 93.9 Å². The van der Waals surface area contributed by atoms with Crippen LogP contribution in [-0.2, 0) is 4.79 Å². The van der Waals surface area contributed by atoms with Gasteiger partial charge in [0.25, 0.3) is 0 Å². The summed E-state index contributed by atoms with van der Waals surface area (Å²) in [6, 6.07) is 0. The molecule has 2 unspecified atom stereocenters. The van der Waals surface area contributed by atoms with Gasteiger partial charge in [0.15, 0.2) is 0 Å². The fourth-order valence-corrected chi connectivity index (χ4v) is 2.72. The smallest absolute Gasteiger partial charge is 0.122 e. The normalized spacial score (nSPS) is 26.9. The zero-order valence-electron chi connectivity index (χ0n) is 10.5. The van der Waals surface area contributed by atoms with Crippen molar-refractivity contribution in [3.63, 3.8) is 0 Å². The largest absolute Gasteiger partial charge is 0.303 e. The van der Waals surface area contributed by atoms with Crippen molar-refractivity contribution in [2.45, 2.75) is 53.4 Å². The third kappa shape index (κ3) is 3.19. The molecule has 0 radical (unpaired) electrons. The number of aldehydes is 1. The third-order valence-corrected chi connectivity index (χ3v) is 3.89. The zero-order chi connectivity index (χ0) is 11.5. The lowest BCUT2D eigenvalue weighted by atomic mass is 9.66. The Morgan fingerprint density at radius 1 is 1.60 bits per heavy atom. The number of rotatable bonds is 4. The van der Waals surface area contributed by atoms with Gasteiger partial charge in [-0.1, -0.05) is 32.4 Å². The van der Waals surface area contributed by atoms with E-state index in [2.05, 4.69) is 26.8 Å². The number of hydrogen-bond donors (Lipinski definition) is 0. The number of allylic oxidation sites excluding steroid dienone is 2. The zero-order valence-corrected chi connectivity index (χ0v) is 10.5. The molecule has 2 atom stereocenters. The first-order chi connectivity index (χ1) is 6.97. The Balaban J connectivity index is 2.60. The summed E-state index contributed by atoms with van der Waals surface area (Å²) in [6.07, 6.45) is 8.15. The van der Waals surface area contributed by atoms with Crippen molar-refractivity contribution >= 4 is 6.29 Å². The summed E-state index contributed by atoms with van der Waals surface area (Å²) < 4.78 is 0. The predicted molar refractivity (Wildman–Crippen MR) is 64.7 cm³/mol. The Hall–Kier alpha value is -0.590. The van der Waals surface area contributed by atoms with Gasteiger partial charge in [0.2, 0.25) is 0 Å². The van der Waals surface area contributed by atoms with E-state index in [0.717, 1.165) is 19.1 Å². The molecule has 1 rings (SSSR count). The summed E-state index contributed by atoms with van der Waals surface area (Å²) in [5.74, 6) is 0.893. The molecule has 0 N–H and O–H groups in total. The van der Waals surface area contributed by atoms with Gasteiger partial charge in [-0.15, -0.1) is 0 Å². The molecule has 0 fully saturated rings. The molecule has 0 aliphatic heterocycles. The van der Waals surface area contributed by atoms with Crippen LogP contribution in [0.5, 0.6) is 0 Å². The molecule has 0 saturated carbocycles. The average molecular weight is 208 g/mol. The first-order valence-corrected chi connectivity index (χ1v) is 6.09. The van der Waals surface area contributed by atoms with Crippen LogP contribution in [0, 0.1) is 17.3 Å². The molecule has 0 amide bonds. The van der Waals surface area contributed by atoms with E-state index in [0.29, 0.717) is 11.3 Å². The monoisotopic (exact) mass is 208 g/mol. The molecular weight excluding hydrogens is 184 g/mol. The minimum Gasteiger partial charge on any atom is -0.303 e. The summed E-state index contributed by atoms with van der Waals surface area (Å²) in [5, 5.41) is 0. The van der Waals surface area contributed by atoms with E-state index >= 15 is 0 Å². The lowest BCUT2D eigenvalue weighted by Gasteiger charge is -2.39. The number of carbonyl (C=O) groups is 1. The van der Waals surface area contributed by atoms with E-state index in [9.17, 15) is 4.79 Å². The molecule has 0 saturated heterocycles. The molecule has 0 spiro atoms. The van der Waals surface area contributed by atoms with E-state index in [1.165, 1.54) is 18.4 Å². The summed E-state index contributed by atoms with van der Waals surface area (Å²) in [7, 11) is 0. The van der Waals surface area contributed by atoms with Crippen molar-refractivity contribution < 1.29 is 4.79 Å². The Kier molecular flexibility index (Phi) is 4.12. The second-order valence-electron chi connectivity index (χ2n) is 5.72. The Morgan fingerprint density at radius 3 is 2.80 bits per heavy atom. The number of carbonyl (C=O) groups excluding carboxylic acids is 1. The van der Waals surface area contributed by atoms with Crippen molar-refractivity contribution in [1.29, 1.82) is 0 Å². The highest BCUT2D eigenvalue weighted by atomic mass is 16.1. The molecule has 1 heteroatoms. The summed E-state index contributed by atoms with van der Waals surface area (Å²) in [4.78, 5) is 10.6. The van der Waals surface area contributed by atoms with Crippen LogP contribution in [0.3, 0.4) is 0 Å². The summed E-state index contributed by atoms with van der Waals surface area (Å²) >= 11 is 0. The second-order valence-corrected chi connectivity index (χ2v) is 5.72. The van der Waals surface area contributed by atoms with Gasteiger partial charge in [0.05, 0.1) is 0 Å². The number of hydrogen-bond acceptors (Lipinski definition) is 1. The van der Waals surface area contributed by atoms with Crippen LogP contribution >= 0.6 is 0 Å². The maximum atomic E-state index is 10.6. The van der Waals surface area contributed by atoms with Crippen molar-refractivity contribution in [3.8, 4) is 0 Å². The Bertz CT molecular complexity index is 250. The van der Waals surface area contributed by atoms with Crippen molar-refractivity contribution in [3.05, 3.63) is 11.6 Å². The molecule has 86 valence electrons. The molecule has 0 heterocycles. The molecule has 0 aromatic heterocycles. The lowest BCUT2D eigenvalue weighted by molar-refractivity contribution is -0.110. The molecule has 15 heavy (non-hydrogen) atoms. The average Bonchev–Trinajstić information content (AvgIpc) is 2.15. The van der Waals surface area contributed by atoms with Gasteiger partial charge in [-0.3, -0.25) is 0 Å². The molecule has 0 aromatic carbocycles. The minimum atomic E-state index is 0.218. The van der Waals surface area contributed by atoms with Gasteiger partial charge in [0, 0.05) is 5.92 Å². The Morgan fingerprint density at radius 2 is 2.27 bits per heavy atom. The molecular formula is C14H24O. The fraction of sp³-hybridized carbons (Fsp3) is 0.786. The van der Waals surface area contributed by atoms with Crippen LogP contribution < -0.4 is 0 Å². The van der Waals surface area contributed by atoms with Gasteiger partial charge in [-0.2, -0.15) is 0 Å². The SMILES string of the molecule is CC1=CCCC(C)(C)C1CCC(C)C=O. The van der Waals surface area contributed by atoms with Gasteiger partial charge < -0.3 is 4.79 Å². The lowest BCUT2D eigenvalue weighted by Crippen LogP contribution is -2.28. The highest BCUT2D eigenvalue weighted by molar-refractivity contribution is 5.52. The van der Waals surface area contributed by atoms with Gasteiger partial charge in [-0.05, 0) is 43.9 Å². The highest BCUT2D eigenvalue weighted by Crippen LogP contribution is 2.43. The molecule has 1 aliphatic rings. The van der Waals surface area contributed by atoms with Crippen LogP contribution in [0.1, 0.15) is 53.4 Å². The van der Waals surface area contributed by atoms with Gasteiger partial charge >= 0.3 is 0 Å². The van der Waals surface area contributed by atoms with Crippen molar-refractivity contribution in [2.75, 3.05) is 0 Å². The first-order valence-electron chi connectivity index (χ1n) is 6.09. The topological polar surface area (TPSA) is 17.1 Å². The van der Waals surface area contributed by atoms with Crippen LogP contribution in [0.4, 0.5) is 0 Å². The first kappa shape index (κ1) is 12.5. The summed E-state index contributed by atoms with van der Waals surface area (Å²) in [5.41, 5.74) is 1.95. The molecule has 1 nitrogen and oxygen atoms in total. The van der Waals surface area contributed by atoms with E-state index in [-0.39, 0.29) is 5.92 Å². The van der Waals surface area contributed by atoms with E-state index in [4.69, 9.17) is 0 Å². The van der Waals surface area contributed by atoms with Crippen LogP contribution in [-0.4, -0.2) is 6.29 Å².